The van der Waals surface area contributed by atoms with E-state index in [1.54, 1.807) is 0 Å². The second kappa shape index (κ2) is 5.05. The molecule has 2 aliphatic rings. The molecule has 0 aromatic heterocycles. The molecular formula is C14H28N2. The van der Waals surface area contributed by atoms with Gasteiger partial charge in [0.25, 0.3) is 0 Å². The summed E-state index contributed by atoms with van der Waals surface area (Å²) in [6, 6.07) is 0.800. The SMILES string of the molecule is CCC1(CC)CCN(C2CNCCC2C)C1. The maximum Gasteiger partial charge on any atom is 0.0246 e. The largest absolute Gasteiger partial charge is 0.315 e. The van der Waals surface area contributed by atoms with Crippen LogP contribution in [0.1, 0.15) is 46.5 Å². The van der Waals surface area contributed by atoms with E-state index in [9.17, 15) is 0 Å². The van der Waals surface area contributed by atoms with Gasteiger partial charge in [-0.2, -0.15) is 0 Å². The average molecular weight is 224 g/mol. The summed E-state index contributed by atoms with van der Waals surface area (Å²) >= 11 is 0. The van der Waals surface area contributed by atoms with Gasteiger partial charge in [0.1, 0.15) is 0 Å². The van der Waals surface area contributed by atoms with Crippen LogP contribution in [-0.2, 0) is 0 Å². The summed E-state index contributed by atoms with van der Waals surface area (Å²) in [6.07, 6.45) is 5.48. The van der Waals surface area contributed by atoms with Gasteiger partial charge in [0.2, 0.25) is 0 Å². The lowest BCUT2D eigenvalue weighted by Crippen LogP contribution is -2.50. The molecule has 94 valence electrons. The fourth-order valence-corrected chi connectivity index (χ4v) is 3.54. The van der Waals surface area contributed by atoms with Crippen LogP contribution in [0, 0.1) is 11.3 Å². The van der Waals surface area contributed by atoms with Crippen molar-refractivity contribution in [2.24, 2.45) is 11.3 Å². The fraction of sp³-hybridized carbons (Fsp3) is 1.00. The topological polar surface area (TPSA) is 15.3 Å². The van der Waals surface area contributed by atoms with Crippen molar-refractivity contribution in [3.8, 4) is 0 Å². The quantitative estimate of drug-likeness (QED) is 0.792. The van der Waals surface area contributed by atoms with Crippen molar-refractivity contribution >= 4 is 0 Å². The van der Waals surface area contributed by atoms with E-state index in [2.05, 4.69) is 31.0 Å². The highest BCUT2D eigenvalue weighted by Gasteiger charge is 2.39. The Balaban J connectivity index is 1.96. The Hall–Kier alpha value is -0.0800. The first-order valence-electron chi connectivity index (χ1n) is 7.15. The van der Waals surface area contributed by atoms with Crippen LogP contribution in [0.15, 0.2) is 0 Å². The maximum absolute atomic E-state index is 3.56. The molecule has 2 heteroatoms. The molecule has 2 aliphatic heterocycles. The monoisotopic (exact) mass is 224 g/mol. The molecule has 2 saturated heterocycles. The summed E-state index contributed by atoms with van der Waals surface area (Å²) in [5.41, 5.74) is 0.636. The summed E-state index contributed by atoms with van der Waals surface area (Å²) in [7, 11) is 0. The van der Waals surface area contributed by atoms with Gasteiger partial charge in [-0.3, -0.25) is 4.90 Å². The van der Waals surface area contributed by atoms with E-state index in [1.807, 2.05) is 0 Å². The molecule has 0 saturated carbocycles. The smallest absolute Gasteiger partial charge is 0.0246 e. The number of rotatable bonds is 3. The summed E-state index contributed by atoms with van der Waals surface area (Å²) < 4.78 is 0. The van der Waals surface area contributed by atoms with Gasteiger partial charge >= 0.3 is 0 Å². The number of likely N-dealkylation sites (tertiary alicyclic amines) is 1. The molecule has 2 atom stereocenters. The minimum atomic E-state index is 0.636. The van der Waals surface area contributed by atoms with E-state index in [0.717, 1.165) is 12.0 Å². The van der Waals surface area contributed by atoms with Crippen molar-refractivity contribution < 1.29 is 0 Å². The van der Waals surface area contributed by atoms with E-state index >= 15 is 0 Å². The second-order valence-electron chi connectivity index (χ2n) is 5.97. The van der Waals surface area contributed by atoms with Gasteiger partial charge in [-0.25, -0.2) is 0 Å². The Morgan fingerprint density at radius 2 is 2.06 bits per heavy atom. The number of hydrogen-bond acceptors (Lipinski definition) is 2. The van der Waals surface area contributed by atoms with Gasteiger partial charge in [0, 0.05) is 19.1 Å². The fourth-order valence-electron chi connectivity index (χ4n) is 3.54. The third-order valence-electron chi connectivity index (χ3n) is 5.22. The molecule has 16 heavy (non-hydrogen) atoms. The molecule has 2 unspecified atom stereocenters. The molecule has 2 nitrogen and oxygen atoms in total. The first-order valence-corrected chi connectivity index (χ1v) is 7.15. The van der Waals surface area contributed by atoms with Crippen LogP contribution in [0.3, 0.4) is 0 Å². The summed E-state index contributed by atoms with van der Waals surface area (Å²) in [5, 5.41) is 3.56. The van der Waals surface area contributed by atoms with Crippen LogP contribution < -0.4 is 5.32 Å². The Bertz CT molecular complexity index is 223. The van der Waals surface area contributed by atoms with Crippen LogP contribution in [0.2, 0.25) is 0 Å². The van der Waals surface area contributed by atoms with Crippen molar-refractivity contribution in [3.63, 3.8) is 0 Å². The van der Waals surface area contributed by atoms with E-state index in [0.29, 0.717) is 5.41 Å². The molecule has 2 rings (SSSR count). The lowest BCUT2D eigenvalue weighted by atomic mass is 9.81. The van der Waals surface area contributed by atoms with Gasteiger partial charge in [-0.1, -0.05) is 20.8 Å². The van der Waals surface area contributed by atoms with Crippen LogP contribution in [0.5, 0.6) is 0 Å². The molecule has 0 amide bonds. The molecule has 0 spiro atoms. The molecule has 0 bridgehead atoms. The predicted molar refractivity (Wildman–Crippen MR) is 69.6 cm³/mol. The number of nitrogens with zero attached hydrogens (tertiary/aromatic N) is 1. The first-order chi connectivity index (χ1) is 7.71. The number of piperidine rings is 1. The first kappa shape index (κ1) is 12.4. The van der Waals surface area contributed by atoms with Crippen molar-refractivity contribution in [1.29, 1.82) is 0 Å². The minimum absolute atomic E-state index is 0.636. The van der Waals surface area contributed by atoms with Crippen LogP contribution in [0.4, 0.5) is 0 Å². The zero-order valence-electron chi connectivity index (χ0n) is 11.3. The van der Waals surface area contributed by atoms with Gasteiger partial charge in [-0.05, 0) is 50.1 Å². The zero-order chi connectivity index (χ0) is 11.6. The number of hydrogen-bond donors (Lipinski definition) is 1. The van der Waals surface area contributed by atoms with Crippen molar-refractivity contribution in [2.45, 2.75) is 52.5 Å². The molecule has 2 heterocycles. The van der Waals surface area contributed by atoms with Gasteiger partial charge in [0.05, 0.1) is 0 Å². The third kappa shape index (κ3) is 2.28. The average Bonchev–Trinajstić information content (AvgIpc) is 2.75. The molecule has 0 radical (unpaired) electrons. The summed E-state index contributed by atoms with van der Waals surface area (Å²) in [5.74, 6) is 0.880. The van der Waals surface area contributed by atoms with Gasteiger partial charge in [0.15, 0.2) is 0 Å². The van der Waals surface area contributed by atoms with Crippen molar-refractivity contribution in [1.82, 2.24) is 10.2 Å². The van der Waals surface area contributed by atoms with Crippen molar-refractivity contribution in [2.75, 3.05) is 26.2 Å². The molecular weight excluding hydrogens is 196 g/mol. The Labute approximate surface area is 101 Å². The summed E-state index contributed by atoms with van der Waals surface area (Å²) in [4.78, 5) is 2.77. The van der Waals surface area contributed by atoms with E-state index < -0.39 is 0 Å². The number of nitrogens with one attached hydrogen (secondary N) is 1. The molecule has 1 N–H and O–H groups in total. The minimum Gasteiger partial charge on any atom is -0.315 e. The highest BCUT2D eigenvalue weighted by atomic mass is 15.2. The lowest BCUT2D eigenvalue weighted by Gasteiger charge is -2.38. The highest BCUT2D eigenvalue weighted by Crippen LogP contribution is 2.39. The normalized spacial score (nSPS) is 35.4. The van der Waals surface area contributed by atoms with Gasteiger partial charge in [-0.15, -0.1) is 0 Å². The Morgan fingerprint density at radius 1 is 1.31 bits per heavy atom. The molecule has 0 aromatic carbocycles. The second-order valence-corrected chi connectivity index (χ2v) is 5.97. The molecule has 0 aromatic rings. The van der Waals surface area contributed by atoms with Crippen LogP contribution in [-0.4, -0.2) is 37.1 Å². The van der Waals surface area contributed by atoms with Crippen LogP contribution >= 0.6 is 0 Å². The standard InChI is InChI=1S/C14H28N2/c1-4-14(5-2)7-9-16(11-14)13-10-15-8-6-12(13)3/h12-13,15H,4-11H2,1-3H3. The summed E-state index contributed by atoms with van der Waals surface area (Å²) in [6.45, 7) is 12.3. The van der Waals surface area contributed by atoms with Crippen LogP contribution in [0.25, 0.3) is 0 Å². The maximum atomic E-state index is 3.56. The van der Waals surface area contributed by atoms with E-state index in [-0.39, 0.29) is 0 Å². The highest BCUT2D eigenvalue weighted by molar-refractivity contribution is 4.94. The van der Waals surface area contributed by atoms with E-state index in [4.69, 9.17) is 0 Å². The van der Waals surface area contributed by atoms with Gasteiger partial charge < -0.3 is 5.32 Å². The Morgan fingerprint density at radius 3 is 2.62 bits per heavy atom. The van der Waals surface area contributed by atoms with E-state index in [1.165, 1.54) is 51.9 Å². The Kier molecular flexibility index (Phi) is 3.91. The zero-order valence-corrected chi connectivity index (χ0v) is 11.3. The third-order valence-corrected chi connectivity index (χ3v) is 5.22. The predicted octanol–water partition coefficient (Wildman–Crippen LogP) is 2.50. The lowest BCUT2D eigenvalue weighted by molar-refractivity contribution is 0.129. The molecule has 0 aliphatic carbocycles. The van der Waals surface area contributed by atoms with Crippen molar-refractivity contribution in [3.05, 3.63) is 0 Å². The molecule has 2 fully saturated rings.